The highest BCUT2D eigenvalue weighted by atomic mass is 32.2. The Bertz CT molecular complexity index is 717. The van der Waals surface area contributed by atoms with Gasteiger partial charge in [-0.15, -0.1) is 0 Å². The fourth-order valence-electron chi connectivity index (χ4n) is 2.10. The second kappa shape index (κ2) is 8.11. The van der Waals surface area contributed by atoms with Crippen LogP contribution in [0.4, 0.5) is 0 Å². The van der Waals surface area contributed by atoms with Gasteiger partial charge in [-0.25, -0.2) is 13.1 Å². The van der Waals surface area contributed by atoms with Crippen LogP contribution in [0, 0.1) is 0 Å². The van der Waals surface area contributed by atoms with Crippen molar-refractivity contribution in [2.75, 3.05) is 32.6 Å². The summed E-state index contributed by atoms with van der Waals surface area (Å²) in [5.41, 5.74) is 0.449. The Balaban J connectivity index is 1.79. The minimum atomic E-state index is -3.36. The number of amides is 1. The van der Waals surface area contributed by atoms with E-state index in [1.54, 1.807) is 18.2 Å². The van der Waals surface area contributed by atoms with Gasteiger partial charge < -0.3 is 14.8 Å². The molecule has 0 spiro atoms. The lowest BCUT2D eigenvalue weighted by Crippen LogP contribution is -2.33. The van der Waals surface area contributed by atoms with E-state index in [0.29, 0.717) is 30.3 Å². The quantitative estimate of drug-likeness (QED) is 0.639. The summed E-state index contributed by atoms with van der Waals surface area (Å²) >= 11 is 0. The van der Waals surface area contributed by atoms with Crippen molar-refractivity contribution in [2.24, 2.45) is 0 Å². The van der Waals surface area contributed by atoms with Gasteiger partial charge in [0.2, 0.25) is 15.9 Å². The van der Waals surface area contributed by atoms with Crippen LogP contribution in [0.3, 0.4) is 0 Å². The van der Waals surface area contributed by atoms with Crippen LogP contribution in [-0.2, 0) is 14.8 Å². The van der Waals surface area contributed by atoms with Crippen molar-refractivity contribution < 1.29 is 27.5 Å². The number of rotatable bonds is 8. The molecule has 2 rings (SSSR count). The molecule has 1 aliphatic heterocycles. The number of carbonyl (C=O) groups excluding carboxylic acids is 2. The summed E-state index contributed by atoms with van der Waals surface area (Å²) in [6.07, 6.45) is 0.0249. The lowest BCUT2D eigenvalue weighted by atomic mass is 10.1. The van der Waals surface area contributed by atoms with Gasteiger partial charge in [0.25, 0.3) is 0 Å². The maximum absolute atomic E-state index is 12.1. The standard InChI is InChI=1S/C15H20N2O6S/c1-16-24(20,21)9-6-17-15(19)5-3-12(18)11-2-4-13-14(10-11)23-8-7-22-13/h2,4,10,16H,3,5-9H2,1H3,(H,17,19). The van der Waals surface area contributed by atoms with E-state index in [9.17, 15) is 18.0 Å². The maximum atomic E-state index is 12.1. The fourth-order valence-corrected chi connectivity index (χ4v) is 2.68. The van der Waals surface area contributed by atoms with E-state index in [2.05, 4.69) is 10.0 Å². The van der Waals surface area contributed by atoms with Gasteiger partial charge in [0.15, 0.2) is 17.3 Å². The molecule has 0 bridgehead atoms. The predicted molar refractivity (Wildman–Crippen MR) is 86.9 cm³/mol. The van der Waals surface area contributed by atoms with E-state index in [0.717, 1.165) is 0 Å². The van der Waals surface area contributed by atoms with Crippen molar-refractivity contribution in [1.29, 1.82) is 0 Å². The van der Waals surface area contributed by atoms with Gasteiger partial charge in [-0.05, 0) is 25.2 Å². The number of nitrogens with one attached hydrogen (secondary N) is 2. The van der Waals surface area contributed by atoms with Crippen molar-refractivity contribution in [2.45, 2.75) is 12.8 Å². The molecule has 0 saturated heterocycles. The van der Waals surface area contributed by atoms with Crippen LogP contribution >= 0.6 is 0 Å². The Morgan fingerprint density at radius 2 is 1.83 bits per heavy atom. The van der Waals surface area contributed by atoms with Crippen molar-refractivity contribution in [1.82, 2.24) is 10.0 Å². The number of hydrogen-bond acceptors (Lipinski definition) is 6. The van der Waals surface area contributed by atoms with E-state index < -0.39 is 10.0 Å². The van der Waals surface area contributed by atoms with Crippen molar-refractivity contribution in [3.63, 3.8) is 0 Å². The summed E-state index contributed by atoms with van der Waals surface area (Å²) in [6.45, 7) is 0.909. The van der Waals surface area contributed by atoms with Gasteiger partial charge in [-0.3, -0.25) is 9.59 Å². The zero-order chi connectivity index (χ0) is 17.6. The first kappa shape index (κ1) is 18.2. The Morgan fingerprint density at radius 3 is 2.54 bits per heavy atom. The van der Waals surface area contributed by atoms with Gasteiger partial charge in [0.1, 0.15) is 13.2 Å². The van der Waals surface area contributed by atoms with Gasteiger partial charge in [0, 0.05) is 24.9 Å². The Hall–Kier alpha value is -2.13. The van der Waals surface area contributed by atoms with Crippen LogP contribution in [0.15, 0.2) is 18.2 Å². The summed E-state index contributed by atoms with van der Waals surface area (Å²) in [5.74, 6) is 0.359. The lowest BCUT2D eigenvalue weighted by Gasteiger charge is -2.18. The number of ketones is 1. The number of hydrogen-bond donors (Lipinski definition) is 2. The zero-order valence-electron chi connectivity index (χ0n) is 13.3. The zero-order valence-corrected chi connectivity index (χ0v) is 14.1. The molecule has 132 valence electrons. The fraction of sp³-hybridized carbons (Fsp3) is 0.467. The molecule has 0 saturated carbocycles. The normalized spacial score (nSPS) is 13.4. The number of benzene rings is 1. The molecule has 0 atom stereocenters. The Labute approximate surface area is 140 Å². The molecule has 1 aliphatic rings. The van der Waals surface area contributed by atoms with E-state index in [1.165, 1.54) is 7.05 Å². The molecule has 0 radical (unpaired) electrons. The number of sulfonamides is 1. The molecule has 0 aromatic heterocycles. The van der Waals surface area contributed by atoms with Gasteiger partial charge in [-0.1, -0.05) is 0 Å². The summed E-state index contributed by atoms with van der Waals surface area (Å²) in [5, 5.41) is 2.47. The van der Waals surface area contributed by atoms with Crippen molar-refractivity contribution in [3.8, 4) is 11.5 Å². The Kier molecular flexibility index (Phi) is 6.16. The molecular weight excluding hydrogens is 336 g/mol. The van der Waals surface area contributed by atoms with Crippen LogP contribution in [0.2, 0.25) is 0 Å². The molecule has 9 heteroatoms. The first-order chi connectivity index (χ1) is 11.4. The third kappa shape index (κ3) is 5.20. The minimum Gasteiger partial charge on any atom is -0.486 e. The average Bonchev–Trinajstić information content (AvgIpc) is 2.59. The third-order valence-electron chi connectivity index (χ3n) is 3.45. The van der Waals surface area contributed by atoms with Crippen LogP contribution in [0.25, 0.3) is 0 Å². The minimum absolute atomic E-state index is 0.000219. The van der Waals surface area contributed by atoms with E-state index >= 15 is 0 Å². The predicted octanol–water partition coefficient (Wildman–Crippen LogP) is 0.0861. The monoisotopic (exact) mass is 356 g/mol. The molecule has 8 nitrogen and oxygen atoms in total. The molecule has 0 aliphatic carbocycles. The number of ether oxygens (including phenoxy) is 2. The molecule has 0 unspecified atom stereocenters. The smallest absolute Gasteiger partial charge is 0.220 e. The molecule has 1 heterocycles. The molecular formula is C15H20N2O6S. The second-order valence-corrected chi connectivity index (χ2v) is 7.20. The summed E-state index contributed by atoms with van der Waals surface area (Å²) in [7, 11) is -2.05. The summed E-state index contributed by atoms with van der Waals surface area (Å²) in [4.78, 5) is 23.8. The summed E-state index contributed by atoms with van der Waals surface area (Å²) < 4.78 is 35.4. The largest absolute Gasteiger partial charge is 0.486 e. The SMILES string of the molecule is CNS(=O)(=O)CCNC(=O)CCC(=O)c1ccc2c(c1)OCCO2. The highest BCUT2D eigenvalue weighted by Gasteiger charge is 2.16. The highest BCUT2D eigenvalue weighted by Crippen LogP contribution is 2.31. The van der Waals surface area contributed by atoms with Gasteiger partial charge in [0.05, 0.1) is 5.75 Å². The van der Waals surface area contributed by atoms with Crippen LogP contribution in [0.1, 0.15) is 23.2 Å². The van der Waals surface area contributed by atoms with Gasteiger partial charge in [-0.2, -0.15) is 0 Å². The topological polar surface area (TPSA) is 111 Å². The molecule has 2 N–H and O–H groups in total. The maximum Gasteiger partial charge on any atom is 0.220 e. The molecule has 1 aromatic rings. The third-order valence-corrected chi connectivity index (χ3v) is 4.81. The van der Waals surface area contributed by atoms with Crippen molar-refractivity contribution >= 4 is 21.7 Å². The van der Waals surface area contributed by atoms with Crippen LogP contribution in [0.5, 0.6) is 11.5 Å². The number of Topliss-reactive ketones (excluding diaryl/α,β-unsaturated/α-hetero) is 1. The van der Waals surface area contributed by atoms with Crippen molar-refractivity contribution in [3.05, 3.63) is 23.8 Å². The van der Waals surface area contributed by atoms with Crippen LogP contribution < -0.4 is 19.5 Å². The van der Waals surface area contributed by atoms with Gasteiger partial charge >= 0.3 is 0 Å². The molecule has 24 heavy (non-hydrogen) atoms. The first-order valence-electron chi connectivity index (χ1n) is 7.52. The number of fused-ring (bicyclic) bond motifs is 1. The molecule has 0 fully saturated rings. The molecule has 1 aromatic carbocycles. The first-order valence-corrected chi connectivity index (χ1v) is 9.17. The van der Waals surface area contributed by atoms with E-state index in [4.69, 9.17) is 9.47 Å². The van der Waals surface area contributed by atoms with Crippen LogP contribution in [-0.4, -0.2) is 52.7 Å². The number of carbonyl (C=O) groups is 2. The molecule has 1 amide bonds. The second-order valence-electron chi connectivity index (χ2n) is 5.15. The van der Waals surface area contributed by atoms with E-state index in [-0.39, 0.29) is 36.8 Å². The summed E-state index contributed by atoms with van der Waals surface area (Å²) in [6, 6.07) is 4.91. The Morgan fingerprint density at radius 1 is 1.12 bits per heavy atom. The average molecular weight is 356 g/mol. The lowest BCUT2D eigenvalue weighted by molar-refractivity contribution is -0.120. The highest BCUT2D eigenvalue weighted by molar-refractivity contribution is 7.89. The van der Waals surface area contributed by atoms with E-state index in [1.807, 2.05) is 0 Å².